The van der Waals surface area contributed by atoms with Crippen molar-refractivity contribution in [1.29, 1.82) is 0 Å². The van der Waals surface area contributed by atoms with Gasteiger partial charge in [-0.05, 0) is 43.9 Å². The molecule has 1 aromatic carbocycles. The first-order chi connectivity index (χ1) is 9.36. The Morgan fingerprint density at radius 3 is 3.00 bits per heavy atom. The monoisotopic (exact) mass is 261 g/mol. The highest BCUT2D eigenvalue weighted by atomic mass is 16.5. The van der Waals surface area contributed by atoms with Crippen LogP contribution in [0.3, 0.4) is 0 Å². The molecule has 0 spiro atoms. The molecule has 2 aliphatic rings. The van der Waals surface area contributed by atoms with Gasteiger partial charge in [0.05, 0.1) is 12.6 Å². The summed E-state index contributed by atoms with van der Waals surface area (Å²) >= 11 is 0. The highest BCUT2D eigenvalue weighted by Gasteiger charge is 2.24. The van der Waals surface area contributed by atoms with Crippen molar-refractivity contribution in [3.63, 3.8) is 0 Å². The number of ether oxygens (including phenoxy) is 2. The van der Waals surface area contributed by atoms with Gasteiger partial charge >= 0.3 is 0 Å². The molecule has 3 nitrogen and oxygen atoms in total. The Bertz CT molecular complexity index is 429. The summed E-state index contributed by atoms with van der Waals surface area (Å²) in [6, 6.07) is 6.61. The van der Waals surface area contributed by atoms with Crippen molar-refractivity contribution in [2.24, 2.45) is 5.92 Å². The van der Waals surface area contributed by atoms with Crippen molar-refractivity contribution in [1.82, 2.24) is 5.32 Å². The standard InChI is InChI=1S/C16H23NO2/c1-2-8-17-15-11-19-16-9-13(6-7-14(15)16)18-10-12-4-3-5-12/h6-7,9,12,15,17H,2-5,8,10-11H2,1H3. The molecule has 0 amide bonds. The molecule has 1 aliphatic heterocycles. The Labute approximate surface area is 115 Å². The molecule has 0 radical (unpaired) electrons. The molecule has 1 atom stereocenters. The number of hydrogen-bond donors (Lipinski definition) is 1. The molecule has 1 aliphatic carbocycles. The van der Waals surface area contributed by atoms with Crippen molar-refractivity contribution in [2.75, 3.05) is 19.8 Å². The van der Waals surface area contributed by atoms with E-state index in [1.165, 1.54) is 24.8 Å². The predicted molar refractivity (Wildman–Crippen MR) is 75.8 cm³/mol. The molecule has 0 bridgehead atoms. The van der Waals surface area contributed by atoms with Crippen LogP contribution in [-0.2, 0) is 0 Å². The van der Waals surface area contributed by atoms with Crippen LogP contribution in [0.4, 0.5) is 0 Å². The average Bonchev–Trinajstić information content (AvgIpc) is 2.77. The fourth-order valence-electron chi connectivity index (χ4n) is 2.64. The van der Waals surface area contributed by atoms with Crippen LogP contribution in [0.2, 0.25) is 0 Å². The Morgan fingerprint density at radius 2 is 2.26 bits per heavy atom. The van der Waals surface area contributed by atoms with Crippen molar-refractivity contribution < 1.29 is 9.47 Å². The lowest BCUT2D eigenvalue weighted by Crippen LogP contribution is -2.23. The fraction of sp³-hybridized carbons (Fsp3) is 0.625. The van der Waals surface area contributed by atoms with E-state index in [4.69, 9.17) is 9.47 Å². The van der Waals surface area contributed by atoms with E-state index >= 15 is 0 Å². The van der Waals surface area contributed by atoms with E-state index < -0.39 is 0 Å². The van der Waals surface area contributed by atoms with Crippen LogP contribution in [0.1, 0.15) is 44.2 Å². The second-order valence-electron chi connectivity index (χ2n) is 5.63. The number of hydrogen-bond acceptors (Lipinski definition) is 3. The van der Waals surface area contributed by atoms with Gasteiger partial charge < -0.3 is 14.8 Å². The number of fused-ring (bicyclic) bond motifs is 1. The van der Waals surface area contributed by atoms with Gasteiger partial charge in [0.1, 0.15) is 18.1 Å². The summed E-state index contributed by atoms with van der Waals surface area (Å²) in [5.41, 5.74) is 1.27. The zero-order valence-electron chi connectivity index (χ0n) is 11.7. The molecule has 1 saturated carbocycles. The summed E-state index contributed by atoms with van der Waals surface area (Å²) in [6.07, 6.45) is 5.16. The first-order valence-electron chi connectivity index (χ1n) is 7.49. The molecule has 1 N–H and O–H groups in total. The summed E-state index contributed by atoms with van der Waals surface area (Å²) in [5, 5.41) is 3.51. The van der Waals surface area contributed by atoms with Crippen LogP contribution in [0.5, 0.6) is 11.5 Å². The molecule has 3 rings (SSSR count). The Hall–Kier alpha value is -1.22. The van der Waals surface area contributed by atoms with Gasteiger partial charge in [0.25, 0.3) is 0 Å². The minimum atomic E-state index is 0.343. The number of rotatable bonds is 6. The number of benzene rings is 1. The highest BCUT2D eigenvalue weighted by molar-refractivity contribution is 5.45. The summed E-state index contributed by atoms with van der Waals surface area (Å²) in [7, 11) is 0. The topological polar surface area (TPSA) is 30.5 Å². The van der Waals surface area contributed by atoms with Crippen LogP contribution in [-0.4, -0.2) is 19.8 Å². The zero-order chi connectivity index (χ0) is 13.1. The van der Waals surface area contributed by atoms with E-state index in [-0.39, 0.29) is 0 Å². The lowest BCUT2D eigenvalue weighted by atomic mass is 9.86. The normalized spacial score (nSPS) is 21.6. The molecule has 1 unspecified atom stereocenters. The second-order valence-corrected chi connectivity index (χ2v) is 5.63. The summed E-state index contributed by atoms with van der Waals surface area (Å²) in [4.78, 5) is 0. The first-order valence-corrected chi connectivity index (χ1v) is 7.49. The lowest BCUT2D eigenvalue weighted by Gasteiger charge is -2.25. The van der Waals surface area contributed by atoms with Crippen LogP contribution in [0.25, 0.3) is 0 Å². The molecule has 0 aromatic heterocycles. The zero-order valence-corrected chi connectivity index (χ0v) is 11.7. The average molecular weight is 261 g/mol. The van der Waals surface area contributed by atoms with Crippen LogP contribution < -0.4 is 14.8 Å². The quantitative estimate of drug-likeness (QED) is 0.852. The van der Waals surface area contributed by atoms with E-state index in [0.29, 0.717) is 6.04 Å². The third-order valence-electron chi connectivity index (χ3n) is 4.12. The van der Waals surface area contributed by atoms with Gasteiger partial charge in [-0.25, -0.2) is 0 Å². The maximum Gasteiger partial charge on any atom is 0.127 e. The molecule has 104 valence electrons. The van der Waals surface area contributed by atoms with Gasteiger partial charge in [0.15, 0.2) is 0 Å². The molecule has 1 aromatic rings. The minimum Gasteiger partial charge on any atom is -0.493 e. The molecule has 1 heterocycles. The van der Waals surface area contributed by atoms with E-state index in [9.17, 15) is 0 Å². The minimum absolute atomic E-state index is 0.343. The highest BCUT2D eigenvalue weighted by Crippen LogP contribution is 2.36. The van der Waals surface area contributed by atoms with Gasteiger partial charge in [-0.2, -0.15) is 0 Å². The Morgan fingerprint density at radius 1 is 1.37 bits per heavy atom. The third-order valence-corrected chi connectivity index (χ3v) is 4.12. The van der Waals surface area contributed by atoms with Crippen molar-refractivity contribution >= 4 is 0 Å². The molecular formula is C16H23NO2. The summed E-state index contributed by atoms with van der Waals surface area (Å²) in [5.74, 6) is 2.70. The maximum atomic E-state index is 5.85. The first kappa shape index (κ1) is 12.8. The fourth-order valence-corrected chi connectivity index (χ4v) is 2.64. The predicted octanol–water partition coefficient (Wildman–Crippen LogP) is 3.30. The molecule has 19 heavy (non-hydrogen) atoms. The van der Waals surface area contributed by atoms with Crippen molar-refractivity contribution in [2.45, 2.75) is 38.6 Å². The Kier molecular flexibility index (Phi) is 3.92. The molecule has 0 saturated heterocycles. The molecular weight excluding hydrogens is 238 g/mol. The van der Waals surface area contributed by atoms with Gasteiger partial charge in [-0.3, -0.25) is 0 Å². The van der Waals surface area contributed by atoms with Gasteiger partial charge in [0, 0.05) is 11.6 Å². The largest absolute Gasteiger partial charge is 0.493 e. The summed E-state index contributed by atoms with van der Waals surface area (Å²) < 4.78 is 11.6. The van der Waals surface area contributed by atoms with E-state index in [2.05, 4.69) is 24.4 Å². The van der Waals surface area contributed by atoms with Crippen LogP contribution >= 0.6 is 0 Å². The van der Waals surface area contributed by atoms with Gasteiger partial charge in [-0.1, -0.05) is 13.3 Å². The van der Waals surface area contributed by atoms with E-state index in [1.807, 2.05) is 6.07 Å². The van der Waals surface area contributed by atoms with Crippen LogP contribution in [0, 0.1) is 5.92 Å². The molecule has 1 fully saturated rings. The Balaban J connectivity index is 1.60. The molecule has 3 heteroatoms. The summed E-state index contributed by atoms with van der Waals surface area (Å²) in [6.45, 7) is 4.81. The van der Waals surface area contributed by atoms with E-state index in [1.54, 1.807) is 0 Å². The lowest BCUT2D eigenvalue weighted by molar-refractivity contribution is 0.180. The smallest absolute Gasteiger partial charge is 0.127 e. The van der Waals surface area contributed by atoms with E-state index in [0.717, 1.165) is 43.6 Å². The number of nitrogens with one attached hydrogen (secondary N) is 1. The van der Waals surface area contributed by atoms with Gasteiger partial charge in [0.2, 0.25) is 0 Å². The third kappa shape index (κ3) is 2.86. The SMILES string of the molecule is CCCNC1COc2cc(OCC3CCC3)ccc21. The van der Waals surface area contributed by atoms with Gasteiger partial charge in [-0.15, -0.1) is 0 Å². The maximum absolute atomic E-state index is 5.85. The van der Waals surface area contributed by atoms with Crippen molar-refractivity contribution in [3.8, 4) is 11.5 Å². The van der Waals surface area contributed by atoms with Crippen LogP contribution in [0.15, 0.2) is 18.2 Å². The van der Waals surface area contributed by atoms with Crippen molar-refractivity contribution in [3.05, 3.63) is 23.8 Å². The second kappa shape index (κ2) is 5.83.